The molecule has 7 heteroatoms. The topological polar surface area (TPSA) is 61.2 Å². The molecule has 1 aromatic heterocycles. The van der Waals surface area contributed by atoms with Crippen molar-refractivity contribution in [3.63, 3.8) is 0 Å². The Hall–Kier alpha value is -1.34. The molecular formula is C14H17BrN2O3S. The van der Waals surface area contributed by atoms with Crippen molar-refractivity contribution in [2.45, 2.75) is 31.9 Å². The normalized spacial score (nSPS) is 11.6. The number of hydrogen-bond donors (Lipinski definition) is 0. The summed E-state index contributed by atoms with van der Waals surface area (Å²) in [4.78, 5) is 0.283. The van der Waals surface area contributed by atoms with Gasteiger partial charge in [0.05, 0.1) is 20.8 Å². The zero-order valence-electron chi connectivity index (χ0n) is 12.1. The number of hydrogen-bond acceptors (Lipinski definition) is 4. The predicted molar refractivity (Wildman–Crippen MR) is 84.2 cm³/mol. The van der Waals surface area contributed by atoms with Crippen LogP contribution < -0.4 is 4.74 Å². The second kappa shape index (κ2) is 6.19. The third kappa shape index (κ3) is 3.65. The van der Waals surface area contributed by atoms with Gasteiger partial charge in [-0.15, -0.1) is 0 Å². The van der Waals surface area contributed by atoms with Gasteiger partial charge in [-0.2, -0.15) is 5.10 Å². The Morgan fingerprint density at radius 3 is 2.43 bits per heavy atom. The molecule has 0 spiro atoms. The van der Waals surface area contributed by atoms with E-state index in [9.17, 15) is 8.42 Å². The van der Waals surface area contributed by atoms with E-state index in [0.29, 0.717) is 12.4 Å². The van der Waals surface area contributed by atoms with Crippen LogP contribution in [-0.2, 0) is 23.0 Å². The van der Waals surface area contributed by atoms with Crippen LogP contribution in [0.15, 0.2) is 33.6 Å². The van der Waals surface area contributed by atoms with Crippen molar-refractivity contribution in [1.82, 2.24) is 9.78 Å². The summed E-state index contributed by atoms with van der Waals surface area (Å²) in [6.45, 7) is 5.08. The lowest BCUT2D eigenvalue weighted by Gasteiger charge is -2.09. The van der Waals surface area contributed by atoms with Gasteiger partial charge in [0.25, 0.3) is 0 Å². The molecule has 0 radical (unpaired) electrons. The lowest BCUT2D eigenvalue weighted by Crippen LogP contribution is -2.06. The summed E-state index contributed by atoms with van der Waals surface area (Å²) in [6, 6.07) is 6.40. The largest absolute Gasteiger partial charge is 0.487 e. The molecule has 5 nitrogen and oxygen atoms in total. The minimum atomic E-state index is -3.18. The molecule has 0 fully saturated rings. The molecule has 0 aliphatic rings. The van der Waals surface area contributed by atoms with Crippen molar-refractivity contribution in [2.24, 2.45) is 0 Å². The number of rotatable bonds is 5. The molecule has 114 valence electrons. The number of nitrogens with zero attached hydrogens (tertiary/aromatic N) is 2. The van der Waals surface area contributed by atoms with Crippen molar-refractivity contribution in [2.75, 3.05) is 6.26 Å². The van der Waals surface area contributed by atoms with E-state index in [1.165, 1.54) is 6.26 Å². The Kier molecular flexibility index (Phi) is 4.73. The van der Waals surface area contributed by atoms with Crippen LogP contribution in [0.25, 0.3) is 0 Å². The second-order valence-electron chi connectivity index (χ2n) is 4.69. The van der Waals surface area contributed by atoms with Crippen LogP contribution in [0.1, 0.15) is 18.3 Å². The highest BCUT2D eigenvalue weighted by Gasteiger charge is 2.13. The van der Waals surface area contributed by atoms with E-state index in [-0.39, 0.29) is 4.90 Å². The molecule has 1 heterocycles. The number of halogens is 1. The molecule has 0 unspecified atom stereocenters. The van der Waals surface area contributed by atoms with Crippen molar-refractivity contribution in [1.29, 1.82) is 0 Å². The first-order chi connectivity index (χ1) is 9.82. The smallest absolute Gasteiger partial charge is 0.175 e. The van der Waals surface area contributed by atoms with Crippen LogP contribution in [-0.4, -0.2) is 24.5 Å². The minimum Gasteiger partial charge on any atom is -0.487 e. The van der Waals surface area contributed by atoms with Crippen molar-refractivity contribution < 1.29 is 13.2 Å². The van der Waals surface area contributed by atoms with Gasteiger partial charge >= 0.3 is 0 Å². The Bertz CT molecular complexity index is 736. The van der Waals surface area contributed by atoms with Gasteiger partial charge in [-0.1, -0.05) is 0 Å². The van der Waals surface area contributed by atoms with Crippen molar-refractivity contribution >= 4 is 25.8 Å². The molecule has 1 aromatic carbocycles. The van der Waals surface area contributed by atoms with E-state index in [0.717, 1.165) is 22.4 Å². The van der Waals surface area contributed by atoms with Crippen LogP contribution in [0.2, 0.25) is 0 Å². The Morgan fingerprint density at radius 1 is 1.29 bits per heavy atom. The lowest BCUT2D eigenvalue weighted by molar-refractivity contribution is 0.291. The maximum atomic E-state index is 11.4. The number of ether oxygens (including phenoxy) is 1. The molecule has 21 heavy (non-hydrogen) atoms. The van der Waals surface area contributed by atoms with E-state index in [2.05, 4.69) is 21.0 Å². The molecule has 0 amide bonds. The number of sulfone groups is 1. The molecular weight excluding hydrogens is 356 g/mol. The van der Waals surface area contributed by atoms with Gasteiger partial charge in [-0.3, -0.25) is 4.68 Å². The third-order valence-corrected chi connectivity index (χ3v) is 5.24. The highest BCUT2D eigenvalue weighted by molar-refractivity contribution is 9.10. The molecule has 0 saturated heterocycles. The summed E-state index contributed by atoms with van der Waals surface area (Å²) < 4.78 is 31.3. The van der Waals surface area contributed by atoms with Gasteiger partial charge in [0, 0.05) is 12.8 Å². The summed E-state index contributed by atoms with van der Waals surface area (Å²) in [5.41, 5.74) is 1.88. The minimum absolute atomic E-state index is 0.283. The maximum absolute atomic E-state index is 11.4. The summed E-state index contributed by atoms with van der Waals surface area (Å²) in [5.74, 6) is 0.621. The summed E-state index contributed by atoms with van der Waals surface area (Å²) in [5, 5.41) is 4.40. The number of aryl methyl sites for hydroxylation is 2. The van der Waals surface area contributed by atoms with Crippen molar-refractivity contribution in [3.05, 3.63) is 40.1 Å². The van der Waals surface area contributed by atoms with Crippen LogP contribution in [0.5, 0.6) is 5.75 Å². The number of aromatic nitrogens is 2. The Balaban J connectivity index is 2.14. The maximum Gasteiger partial charge on any atom is 0.175 e. The molecule has 0 bridgehead atoms. The van der Waals surface area contributed by atoms with E-state index >= 15 is 0 Å². The van der Waals surface area contributed by atoms with Gasteiger partial charge in [0.2, 0.25) is 0 Å². The number of benzene rings is 1. The standard InChI is InChI=1S/C14H17BrN2O3S/c1-4-17-13(14(15)10(2)16-17)9-20-11-5-7-12(8-6-11)21(3,18)19/h5-8H,4,9H2,1-3H3. The molecule has 0 saturated carbocycles. The summed E-state index contributed by atoms with van der Waals surface area (Å²) in [7, 11) is -3.18. The third-order valence-electron chi connectivity index (χ3n) is 3.08. The molecule has 0 N–H and O–H groups in total. The average Bonchev–Trinajstić information content (AvgIpc) is 2.71. The molecule has 0 aliphatic heterocycles. The lowest BCUT2D eigenvalue weighted by atomic mass is 10.3. The zero-order valence-corrected chi connectivity index (χ0v) is 14.5. The van der Waals surface area contributed by atoms with Crippen LogP contribution in [0, 0.1) is 6.92 Å². The zero-order chi connectivity index (χ0) is 15.6. The monoisotopic (exact) mass is 372 g/mol. The highest BCUT2D eigenvalue weighted by atomic mass is 79.9. The van der Waals surface area contributed by atoms with Gasteiger partial charge in [-0.05, 0) is 54.0 Å². The first kappa shape index (κ1) is 16.0. The second-order valence-corrected chi connectivity index (χ2v) is 7.50. The quantitative estimate of drug-likeness (QED) is 0.809. The van der Waals surface area contributed by atoms with Gasteiger partial charge in [-0.25, -0.2) is 8.42 Å². The van der Waals surface area contributed by atoms with Crippen molar-refractivity contribution in [3.8, 4) is 5.75 Å². The summed E-state index contributed by atoms with van der Waals surface area (Å²) >= 11 is 3.51. The Labute approximate surface area is 133 Å². The van der Waals surface area contributed by atoms with Crippen LogP contribution in [0.3, 0.4) is 0 Å². The first-order valence-electron chi connectivity index (χ1n) is 6.47. The molecule has 2 aromatic rings. The van der Waals surface area contributed by atoms with Crippen LogP contribution in [0.4, 0.5) is 0 Å². The SMILES string of the molecule is CCn1nc(C)c(Br)c1COc1ccc(S(C)(=O)=O)cc1. The van der Waals surface area contributed by atoms with E-state index in [1.54, 1.807) is 24.3 Å². The fourth-order valence-electron chi connectivity index (χ4n) is 1.94. The average molecular weight is 373 g/mol. The molecule has 0 aliphatic carbocycles. The molecule has 2 rings (SSSR count). The van der Waals surface area contributed by atoms with Gasteiger partial charge < -0.3 is 4.74 Å². The van der Waals surface area contributed by atoms with Gasteiger partial charge in [0.1, 0.15) is 12.4 Å². The summed E-state index contributed by atoms with van der Waals surface area (Å²) in [6.07, 6.45) is 1.18. The van der Waals surface area contributed by atoms with E-state index in [4.69, 9.17) is 4.74 Å². The molecule has 0 atom stereocenters. The fraction of sp³-hybridized carbons (Fsp3) is 0.357. The Morgan fingerprint density at radius 2 is 1.90 bits per heavy atom. The fourth-order valence-corrected chi connectivity index (χ4v) is 2.97. The van der Waals surface area contributed by atoms with E-state index < -0.39 is 9.84 Å². The van der Waals surface area contributed by atoms with Gasteiger partial charge in [0.15, 0.2) is 9.84 Å². The predicted octanol–water partition coefficient (Wildman–Crippen LogP) is 2.96. The van der Waals surface area contributed by atoms with Crippen LogP contribution >= 0.6 is 15.9 Å². The highest BCUT2D eigenvalue weighted by Crippen LogP contribution is 2.23. The first-order valence-corrected chi connectivity index (χ1v) is 9.16. The van der Waals surface area contributed by atoms with E-state index in [1.807, 2.05) is 18.5 Å².